The van der Waals surface area contributed by atoms with Crippen LogP contribution < -0.4 is 10.2 Å². The first-order chi connectivity index (χ1) is 19.1. The highest BCUT2D eigenvalue weighted by atomic mass is 32.2. The Balaban J connectivity index is 1.65. The summed E-state index contributed by atoms with van der Waals surface area (Å²) in [7, 11) is 0. The van der Waals surface area contributed by atoms with Gasteiger partial charge in [0.05, 0.1) is 22.4 Å². The summed E-state index contributed by atoms with van der Waals surface area (Å²) in [6.45, 7) is 8.34. The fourth-order valence-corrected chi connectivity index (χ4v) is 5.96. The molecule has 40 heavy (non-hydrogen) atoms. The van der Waals surface area contributed by atoms with Crippen LogP contribution in [-0.2, 0) is 21.5 Å². The van der Waals surface area contributed by atoms with E-state index in [2.05, 4.69) is 31.1 Å². The molecule has 0 spiro atoms. The number of hydrogen-bond donors (Lipinski definition) is 1. The highest BCUT2D eigenvalue weighted by molar-refractivity contribution is 8.00. The molecule has 1 atom stereocenters. The number of benzene rings is 2. The number of nitrogens with one attached hydrogen (secondary N) is 1. The summed E-state index contributed by atoms with van der Waals surface area (Å²) < 4.78 is 16.2. The van der Waals surface area contributed by atoms with Crippen molar-refractivity contribution >= 4 is 29.4 Å². The molecule has 2 aromatic carbocycles. The lowest BCUT2D eigenvalue weighted by molar-refractivity contribution is -0.123. The molecule has 3 heterocycles. The van der Waals surface area contributed by atoms with Crippen LogP contribution in [0.25, 0.3) is 5.69 Å². The molecule has 1 aliphatic rings. The van der Waals surface area contributed by atoms with Gasteiger partial charge in [-0.25, -0.2) is 9.07 Å². The Bertz CT molecular complexity index is 1530. The first kappa shape index (κ1) is 27.6. The second-order valence-corrected chi connectivity index (χ2v) is 12.0. The van der Waals surface area contributed by atoms with E-state index in [1.165, 1.54) is 28.8 Å². The molecule has 7 nitrogen and oxygen atoms in total. The van der Waals surface area contributed by atoms with Gasteiger partial charge in [-0.15, -0.1) is 11.8 Å². The lowest BCUT2D eigenvalue weighted by Gasteiger charge is -2.24. The van der Waals surface area contributed by atoms with Gasteiger partial charge in [-0.05, 0) is 48.4 Å². The van der Waals surface area contributed by atoms with E-state index in [0.717, 1.165) is 33.6 Å². The molecular formula is C31H32FN5O2S. The molecule has 0 saturated carbocycles. The minimum Gasteiger partial charge on any atom is -0.350 e. The van der Waals surface area contributed by atoms with Crippen LogP contribution >= 0.6 is 11.8 Å². The number of pyridine rings is 1. The first-order valence-electron chi connectivity index (χ1n) is 13.2. The Labute approximate surface area is 237 Å². The van der Waals surface area contributed by atoms with Crippen molar-refractivity contribution in [2.45, 2.75) is 44.9 Å². The predicted octanol–water partition coefficient (Wildman–Crippen LogP) is 5.50. The van der Waals surface area contributed by atoms with Gasteiger partial charge in [0.1, 0.15) is 18.2 Å². The molecule has 0 fully saturated rings. The molecule has 1 unspecified atom stereocenters. The van der Waals surface area contributed by atoms with E-state index < -0.39 is 5.41 Å². The summed E-state index contributed by atoms with van der Waals surface area (Å²) in [6.07, 6.45) is 3.37. The van der Waals surface area contributed by atoms with Crippen molar-refractivity contribution in [2.24, 2.45) is 0 Å². The Morgan fingerprint density at radius 1 is 1.12 bits per heavy atom. The van der Waals surface area contributed by atoms with Crippen LogP contribution in [0.4, 0.5) is 10.2 Å². The van der Waals surface area contributed by atoms with E-state index in [1.54, 1.807) is 23.1 Å². The molecule has 0 bridgehead atoms. The zero-order valence-electron chi connectivity index (χ0n) is 23.0. The molecular weight excluding hydrogens is 525 g/mol. The van der Waals surface area contributed by atoms with Gasteiger partial charge in [0.15, 0.2) is 0 Å². The number of carbonyl (C=O) groups excluding carboxylic acids is 2. The Morgan fingerprint density at radius 2 is 1.90 bits per heavy atom. The molecule has 4 aromatic rings. The number of hydrogen-bond acceptors (Lipinski definition) is 5. The van der Waals surface area contributed by atoms with E-state index in [0.29, 0.717) is 12.4 Å². The van der Waals surface area contributed by atoms with Crippen molar-refractivity contribution < 1.29 is 14.0 Å². The molecule has 206 valence electrons. The van der Waals surface area contributed by atoms with Crippen LogP contribution in [0.2, 0.25) is 0 Å². The van der Waals surface area contributed by atoms with E-state index in [4.69, 9.17) is 5.10 Å². The van der Waals surface area contributed by atoms with Gasteiger partial charge in [-0.3, -0.25) is 19.5 Å². The molecule has 1 N–H and O–H groups in total. The minimum atomic E-state index is -0.395. The fraction of sp³-hybridized carbons (Fsp3) is 0.290. The summed E-state index contributed by atoms with van der Waals surface area (Å²) in [5.74, 6) is -0.190. The Morgan fingerprint density at radius 3 is 2.58 bits per heavy atom. The largest absolute Gasteiger partial charge is 0.350 e. The Hall–Kier alpha value is -3.98. The van der Waals surface area contributed by atoms with Gasteiger partial charge in [0.25, 0.3) is 0 Å². The van der Waals surface area contributed by atoms with Crippen molar-refractivity contribution in [1.82, 2.24) is 20.1 Å². The molecule has 9 heteroatoms. The fourth-order valence-electron chi connectivity index (χ4n) is 4.77. The number of fused-ring (bicyclic) bond motifs is 1. The van der Waals surface area contributed by atoms with Crippen molar-refractivity contribution in [3.8, 4) is 5.69 Å². The second kappa shape index (κ2) is 11.3. The molecule has 2 aromatic heterocycles. The van der Waals surface area contributed by atoms with Crippen LogP contribution in [0, 0.1) is 12.7 Å². The monoisotopic (exact) mass is 557 g/mol. The number of aryl methyl sites for hydroxylation is 1. The first-order valence-corrected chi connectivity index (χ1v) is 14.2. The van der Waals surface area contributed by atoms with Crippen LogP contribution in [-0.4, -0.2) is 38.9 Å². The normalized spacial score (nSPS) is 15.5. The van der Waals surface area contributed by atoms with Crippen molar-refractivity contribution in [1.29, 1.82) is 0 Å². The number of carbonyl (C=O) groups is 2. The molecule has 5 rings (SSSR count). The maximum absolute atomic E-state index is 14.4. The third kappa shape index (κ3) is 5.79. The van der Waals surface area contributed by atoms with Crippen molar-refractivity contribution in [3.05, 3.63) is 107 Å². The van der Waals surface area contributed by atoms with E-state index in [-0.39, 0.29) is 35.2 Å². The zero-order valence-corrected chi connectivity index (χ0v) is 23.8. The summed E-state index contributed by atoms with van der Waals surface area (Å²) in [5.41, 5.74) is 4.68. The van der Waals surface area contributed by atoms with Crippen molar-refractivity contribution in [3.63, 3.8) is 0 Å². The van der Waals surface area contributed by atoms with Gasteiger partial charge >= 0.3 is 0 Å². The summed E-state index contributed by atoms with van der Waals surface area (Å²) in [6, 6.07) is 18.1. The summed E-state index contributed by atoms with van der Waals surface area (Å²) >= 11 is 1.43. The lowest BCUT2D eigenvalue weighted by atomic mass is 9.87. The van der Waals surface area contributed by atoms with Gasteiger partial charge in [0, 0.05) is 29.9 Å². The number of amides is 2. The number of rotatable bonds is 6. The number of nitrogens with zero attached hydrogens (tertiary/aromatic N) is 4. The maximum atomic E-state index is 14.4. The standard InChI is InChI=1S/C31H32FN5O2S/c1-20-10-12-24(13-11-20)37-30-27(29(35-37)31(2,3)4)28(22-8-5-9-23(32)15-22)40-19-26(39)36(30)18-25(38)34-17-21-7-6-14-33-16-21/h5-16,28H,17-19H2,1-4H3,(H,34,38). The van der Waals surface area contributed by atoms with E-state index >= 15 is 0 Å². The topological polar surface area (TPSA) is 80.1 Å². The minimum absolute atomic E-state index is 0.128. The predicted molar refractivity (Wildman–Crippen MR) is 156 cm³/mol. The molecule has 1 aliphatic heterocycles. The lowest BCUT2D eigenvalue weighted by Crippen LogP contribution is -2.42. The van der Waals surface area contributed by atoms with Crippen molar-refractivity contribution in [2.75, 3.05) is 17.2 Å². The zero-order chi connectivity index (χ0) is 28.4. The van der Waals surface area contributed by atoms with Gasteiger partial charge in [-0.2, -0.15) is 5.10 Å². The third-order valence-electron chi connectivity index (χ3n) is 6.74. The van der Waals surface area contributed by atoms with Crippen LogP contribution in [0.5, 0.6) is 0 Å². The van der Waals surface area contributed by atoms with Gasteiger partial charge < -0.3 is 5.32 Å². The Kier molecular flexibility index (Phi) is 7.76. The summed E-state index contributed by atoms with van der Waals surface area (Å²) in [5, 5.41) is 7.62. The molecule has 0 saturated heterocycles. The number of aromatic nitrogens is 3. The highest BCUT2D eigenvalue weighted by Crippen LogP contribution is 2.48. The number of anilines is 1. The smallest absolute Gasteiger partial charge is 0.240 e. The average Bonchev–Trinajstić information content (AvgIpc) is 3.26. The quantitative estimate of drug-likeness (QED) is 0.339. The SMILES string of the molecule is Cc1ccc(-n2nc(C(C)(C)C)c3c2N(CC(=O)NCc2cccnc2)C(=O)CSC3c2cccc(F)c2)cc1. The van der Waals surface area contributed by atoms with Crippen LogP contribution in [0.3, 0.4) is 0 Å². The van der Waals surface area contributed by atoms with Crippen LogP contribution in [0.15, 0.2) is 73.1 Å². The molecule has 2 amide bonds. The summed E-state index contributed by atoms with van der Waals surface area (Å²) in [4.78, 5) is 32.6. The number of halogens is 1. The van der Waals surface area contributed by atoms with E-state index in [9.17, 15) is 14.0 Å². The molecule has 0 radical (unpaired) electrons. The van der Waals surface area contributed by atoms with E-state index in [1.807, 2.05) is 49.4 Å². The van der Waals surface area contributed by atoms with Gasteiger partial charge in [0.2, 0.25) is 11.8 Å². The number of thioether (sulfide) groups is 1. The highest BCUT2D eigenvalue weighted by Gasteiger charge is 2.40. The van der Waals surface area contributed by atoms with Crippen LogP contribution in [0.1, 0.15) is 54.0 Å². The average molecular weight is 558 g/mol. The second-order valence-electron chi connectivity index (χ2n) is 10.9. The third-order valence-corrected chi connectivity index (χ3v) is 8.00. The maximum Gasteiger partial charge on any atom is 0.240 e. The van der Waals surface area contributed by atoms with Gasteiger partial charge in [-0.1, -0.05) is 56.7 Å². The molecule has 0 aliphatic carbocycles.